The van der Waals surface area contributed by atoms with E-state index in [1.807, 2.05) is 59.5 Å². The lowest BCUT2D eigenvalue weighted by atomic mass is 9.82. The molecule has 0 N–H and O–H groups in total. The first-order chi connectivity index (χ1) is 17.1. The fourth-order valence-corrected chi connectivity index (χ4v) is 5.38. The monoisotopic (exact) mass is 499 g/mol. The summed E-state index contributed by atoms with van der Waals surface area (Å²) in [6.07, 6.45) is 5.48. The number of hydrogen-bond donors (Lipinski definition) is 0. The first-order valence-corrected chi connectivity index (χ1v) is 13.4. The Labute approximate surface area is 211 Å². The number of likely N-dealkylation sites (tertiary alicyclic amines) is 1. The van der Waals surface area contributed by atoms with Crippen LogP contribution in [0.1, 0.15) is 43.2 Å². The van der Waals surface area contributed by atoms with E-state index in [1.165, 1.54) is 25.7 Å². The fourth-order valence-electron chi connectivity index (χ4n) is 5.23. The first kappa shape index (κ1) is 25.5. The van der Waals surface area contributed by atoms with Crippen LogP contribution in [0.15, 0.2) is 54.6 Å². The average Bonchev–Trinajstić information content (AvgIpc) is 3.33. The van der Waals surface area contributed by atoms with E-state index in [2.05, 4.69) is 0 Å². The predicted octanol–water partition coefficient (Wildman–Crippen LogP) is 5.62. The number of hydrogen-bond acceptors (Lipinski definition) is 5. The molecule has 0 radical (unpaired) electrons. The number of benzene rings is 2. The minimum absolute atomic E-state index is 0.0461. The van der Waals surface area contributed by atoms with Crippen molar-refractivity contribution in [1.82, 2.24) is 4.90 Å². The maximum absolute atomic E-state index is 13.2. The molecule has 1 amide bonds. The lowest BCUT2D eigenvalue weighted by Crippen LogP contribution is -2.33. The van der Waals surface area contributed by atoms with Crippen LogP contribution in [-0.2, 0) is 27.4 Å². The Kier molecular flexibility index (Phi) is 9.46. The van der Waals surface area contributed by atoms with Crippen LogP contribution in [0.25, 0.3) is 0 Å². The molecule has 0 bridgehead atoms. The van der Waals surface area contributed by atoms with Gasteiger partial charge >= 0.3 is 5.97 Å². The van der Waals surface area contributed by atoms with E-state index < -0.39 is 5.92 Å². The van der Waals surface area contributed by atoms with E-state index in [0.717, 1.165) is 24.2 Å². The SMILES string of the molecule is O=C(OCc1ccccc1)[C@H](CC(=O)N1CC2CCCCC2C1)Cc1ccc(OCCSF)cc1. The molecule has 2 unspecified atom stereocenters. The van der Waals surface area contributed by atoms with Gasteiger partial charge in [0.2, 0.25) is 5.91 Å². The van der Waals surface area contributed by atoms with Gasteiger partial charge in [0.1, 0.15) is 12.4 Å². The Hall–Kier alpha value is -2.54. The first-order valence-electron chi connectivity index (χ1n) is 12.6. The van der Waals surface area contributed by atoms with Crippen LogP contribution in [0.2, 0.25) is 0 Å². The van der Waals surface area contributed by atoms with E-state index in [1.54, 1.807) is 0 Å². The summed E-state index contributed by atoms with van der Waals surface area (Å²) in [5.74, 6) is 1.30. The smallest absolute Gasteiger partial charge is 0.310 e. The second-order valence-corrected chi connectivity index (χ2v) is 10.2. The van der Waals surface area contributed by atoms with Crippen molar-refractivity contribution in [3.05, 3.63) is 65.7 Å². The predicted molar refractivity (Wildman–Crippen MR) is 136 cm³/mol. The van der Waals surface area contributed by atoms with Crippen LogP contribution in [0.3, 0.4) is 0 Å². The second-order valence-electron chi connectivity index (χ2n) is 9.61. The summed E-state index contributed by atoms with van der Waals surface area (Å²) < 4.78 is 23.4. The molecule has 7 heteroatoms. The third kappa shape index (κ3) is 7.47. The van der Waals surface area contributed by atoms with Crippen LogP contribution in [-0.4, -0.2) is 42.2 Å². The number of nitrogens with zero attached hydrogens (tertiary/aromatic N) is 1. The summed E-state index contributed by atoms with van der Waals surface area (Å²) in [6.45, 7) is 2.12. The molecule has 1 saturated heterocycles. The Morgan fingerprint density at radius 2 is 1.66 bits per heavy atom. The van der Waals surface area contributed by atoms with E-state index in [4.69, 9.17) is 9.47 Å². The van der Waals surface area contributed by atoms with Gasteiger partial charge in [0.15, 0.2) is 0 Å². The van der Waals surface area contributed by atoms with Crippen molar-refractivity contribution in [2.75, 3.05) is 25.4 Å². The van der Waals surface area contributed by atoms with Crippen molar-refractivity contribution >= 4 is 24.0 Å². The molecule has 1 saturated carbocycles. The topological polar surface area (TPSA) is 55.8 Å². The van der Waals surface area contributed by atoms with Crippen LogP contribution in [0.4, 0.5) is 3.89 Å². The Balaban J connectivity index is 1.39. The number of fused-ring (bicyclic) bond motifs is 1. The number of ether oxygens (including phenoxy) is 2. The molecule has 1 heterocycles. The minimum atomic E-state index is -0.552. The highest BCUT2D eigenvalue weighted by Gasteiger charge is 2.37. The number of esters is 1. The van der Waals surface area contributed by atoms with Crippen LogP contribution >= 0.6 is 12.1 Å². The maximum atomic E-state index is 13.2. The van der Waals surface area contributed by atoms with Gasteiger partial charge < -0.3 is 14.4 Å². The molecule has 35 heavy (non-hydrogen) atoms. The summed E-state index contributed by atoms with van der Waals surface area (Å²) in [4.78, 5) is 28.3. The lowest BCUT2D eigenvalue weighted by molar-refractivity contribution is -0.152. The number of amides is 1. The third-order valence-electron chi connectivity index (χ3n) is 7.14. The molecule has 2 aliphatic rings. The number of carbonyl (C=O) groups is 2. The molecule has 1 aliphatic heterocycles. The van der Waals surface area contributed by atoms with Crippen LogP contribution in [0.5, 0.6) is 5.75 Å². The fraction of sp³-hybridized carbons (Fsp3) is 0.500. The van der Waals surface area contributed by atoms with Gasteiger partial charge in [-0.3, -0.25) is 9.59 Å². The largest absolute Gasteiger partial charge is 0.493 e. The van der Waals surface area contributed by atoms with E-state index in [9.17, 15) is 13.5 Å². The summed E-state index contributed by atoms with van der Waals surface area (Å²) in [5, 5.41) is 0. The molecule has 3 atom stereocenters. The van der Waals surface area contributed by atoms with Gasteiger partial charge in [0, 0.05) is 31.7 Å². The summed E-state index contributed by atoms with van der Waals surface area (Å²) >= 11 is 0.249. The summed E-state index contributed by atoms with van der Waals surface area (Å²) in [7, 11) is 0. The molecule has 2 aromatic carbocycles. The van der Waals surface area contributed by atoms with Gasteiger partial charge in [-0.2, -0.15) is 3.89 Å². The van der Waals surface area contributed by atoms with Crippen molar-refractivity contribution in [1.29, 1.82) is 0 Å². The molecule has 0 aromatic heterocycles. The molecule has 4 rings (SSSR count). The number of carbonyl (C=O) groups excluding carboxylic acids is 2. The van der Waals surface area contributed by atoms with E-state index in [-0.39, 0.29) is 42.8 Å². The van der Waals surface area contributed by atoms with Gasteiger partial charge in [-0.15, -0.1) is 0 Å². The second kappa shape index (κ2) is 13.0. The average molecular weight is 500 g/mol. The summed E-state index contributed by atoms with van der Waals surface area (Å²) in [6, 6.07) is 17.0. The zero-order valence-electron chi connectivity index (χ0n) is 20.1. The van der Waals surface area contributed by atoms with Crippen molar-refractivity contribution in [3.63, 3.8) is 0 Å². The molecule has 188 valence electrons. The van der Waals surface area contributed by atoms with Crippen LogP contribution in [0, 0.1) is 17.8 Å². The van der Waals surface area contributed by atoms with Gasteiger partial charge in [0.25, 0.3) is 0 Å². The number of rotatable bonds is 11. The van der Waals surface area contributed by atoms with Crippen molar-refractivity contribution in [2.45, 2.75) is 45.1 Å². The highest BCUT2D eigenvalue weighted by atomic mass is 32.2. The zero-order valence-corrected chi connectivity index (χ0v) is 20.9. The normalized spacial score (nSPS) is 20.2. The Morgan fingerprint density at radius 1 is 0.971 bits per heavy atom. The highest BCUT2D eigenvalue weighted by molar-refractivity contribution is 7.94. The molecule has 0 spiro atoms. The zero-order chi connectivity index (χ0) is 24.5. The highest BCUT2D eigenvalue weighted by Crippen LogP contribution is 2.36. The minimum Gasteiger partial charge on any atom is -0.493 e. The van der Waals surface area contributed by atoms with Crippen molar-refractivity contribution < 1.29 is 22.9 Å². The standard InChI is InChI=1S/C28H34FNO4S/c29-35-15-14-33-26-12-10-21(11-13-26)16-25(28(32)34-20-22-6-2-1-3-7-22)17-27(31)30-18-23-8-4-5-9-24(23)19-30/h1-3,6-7,10-13,23-25H,4-5,8-9,14-20H2/t23?,24?,25-/m0/s1. The van der Waals surface area contributed by atoms with Gasteiger partial charge in [-0.25, -0.2) is 0 Å². The molecular weight excluding hydrogens is 465 g/mol. The number of halogens is 1. The maximum Gasteiger partial charge on any atom is 0.310 e. The quantitative estimate of drug-likeness (QED) is 0.297. The van der Waals surface area contributed by atoms with Gasteiger partial charge in [0.05, 0.1) is 18.3 Å². The molecule has 2 aromatic rings. The van der Waals surface area contributed by atoms with Gasteiger partial charge in [-0.1, -0.05) is 55.3 Å². The Bertz CT molecular complexity index is 941. The van der Waals surface area contributed by atoms with Crippen LogP contribution < -0.4 is 4.74 Å². The third-order valence-corrected chi connectivity index (χ3v) is 7.46. The Morgan fingerprint density at radius 3 is 2.31 bits per heavy atom. The lowest BCUT2D eigenvalue weighted by Gasteiger charge is -2.22. The van der Waals surface area contributed by atoms with E-state index in [0.29, 0.717) is 30.6 Å². The van der Waals surface area contributed by atoms with Crippen molar-refractivity contribution in [2.24, 2.45) is 17.8 Å². The van der Waals surface area contributed by atoms with E-state index >= 15 is 0 Å². The molecule has 1 aliphatic carbocycles. The molecular formula is C28H34FNO4S. The molecule has 2 fully saturated rings. The van der Waals surface area contributed by atoms with Crippen molar-refractivity contribution in [3.8, 4) is 5.75 Å². The summed E-state index contributed by atoms with van der Waals surface area (Å²) in [5.41, 5.74) is 1.85. The molecule has 5 nitrogen and oxygen atoms in total. The van der Waals surface area contributed by atoms with Gasteiger partial charge in [-0.05, 0) is 54.4 Å².